The van der Waals surface area contributed by atoms with E-state index in [4.69, 9.17) is 27.9 Å². The third-order valence-corrected chi connectivity index (χ3v) is 4.88. The number of benzene rings is 1. The molecular formula is C19H24Cl2N2O4. The number of nitrogens with zero attached hydrogens (tertiary/aromatic N) is 1. The van der Waals surface area contributed by atoms with Gasteiger partial charge in [0.15, 0.2) is 0 Å². The summed E-state index contributed by atoms with van der Waals surface area (Å²) in [5.41, 5.74) is 0.276. The van der Waals surface area contributed by atoms with Gasteiger partial charge in [-0.15, -0.1) is 0 Å². The van der Waals surface area contributed by atoms with E-state index >= 15 is 0 Å². The van der Waals surface area contributed by atoms with Gasteiger partial charge in [-0.25, -0.2) is 0 Å². The molecule has 0 spiro atoms. The van der Waals surface area contributed by atoms with Gasteiger partial charge in [0, 0.05) is 18.1 Å². The Labute approximate surface area is 169 Å². The quantitative estimate of drug-likeness (QED) is 0.724. The lowest BCUT2D eigenvalue weighted by Gasteiger charge is -2.25. The number of carbonyl (C=O) groups is 3. The Morgan fingerprint density at radius 3 is 2.63 bits per heavy atom. The van der Waals surface area contributed by atoms with E-state index in [1.165, 1.54) is 11.0 Å². The summed E-state index contributed by atoms with van der Waals surface area (Å²) < 4.78 is 5.13. The first-order valence-corrected chi connectivity index (χ1v) is 9.70. The van der Waals surface area contributed by atoms with Crippen LogP contribution in [-0.2, 0) is 14.3 Å². The lowest BCUT2D eigenvalue weighted by atomic mass is 10.1. The van der Waals surface area contributed by atoms with E-state index in [-0.39, 0.29) is 36.0 Å². The van der Waals surface area contributed by atoms with Crippen molar-refractivity contribution < 1.29 is 19.1 Å². The zero-order chi connectivity index (χ0) is 20.1. The third kappa shape index (κ3) is 5.59. The molecule has 0 unspecified atom stereocenters. The summed E-state index contributed by atoms with van der Waals surface area (Å²) in [7, 11) is 0. The first-order valence-electron chi connectivity index (χ1n) is 8.95. The van der Waals surface area contributed by atoms with Gasteiger partial charge >= 0.3 is 5.97 Å². The van der Waals surface area contributed by atoms with Crippen molar-refractivity contribution in [2.75, 3.05) is 13.1 Å². The van der Waals surface area contributed by atoms with Crippen LogP contribution in [0.25, 0.3) is 0 Å². The number of carbonyl (C=O) groups excluding carboxylic acids is 3. The number of likely N-dealkylation sites (tertiary alicyclic amines) is 1. The number of amides is 2. The molecule has 8 heteroatoms. The van der Waals surface area contributed by atoms with Crippen LogP contribution in [0.1, 0.15) is 44.0 Å². The van der Waals surface area contributed by atoms with Gasteiger partial charge < -0.3 is 15.0 Å². The monoisotopic (exact) mass is 414 g/mol. The highest BCUT2D eigenvalue weighted by Gasteiger charge is 2.35. The van der Waals surface area contributed by atoms with E-state index in [0.29, 0.717) is 29.4 Å². The van der Waals surface area contributed by atoms with Crippen LogP contribution in [-0.4, -0.2) is 47.9 Å². The number of nitrogens with one attached hydrogen (secondary N) is 1. The van der Waals surface area contributed by atoms with Crippen LogP contribution in [0, 0.1) is 5.92 Å². The highest BCUT2D eigenvalue weighted by atomic mass is 35.5. The van der Waals surface area contributed by atoms with Crippen LogP contribution >= 0.6 is 23.2 Å². The Morgan fingerprint density at radius 2 is 1.96 bits per heavy atom. The predicted octanol–water partition coefficient (Wildman–Crippen LogP) is 3.30. The average molecular weight is 415 g/mol. The Morgan fingerprint density at radius 1 is 1.26 bits per heavy atom. The lowest BCUT2D eigenvalue weighted by molar-refractivity contribution is -0.151. The minimum atomic E-state index is -0.596. The molecule has 0 aliphatic carbocycles. The van der Waals surface area contributed by atoms with Crippen molar-refractivity contribution in [3.8, 4) is 0 Å². The zero-order valence-corrected chi connectivity index (χ0v) is 17.1. The van der Waals surface area contributed by atoms with Crippen molar-refractivity contribution in [2.24, 2.45) is 5.92 Å². The Balaban J connectivity index is 2.00. The first-order chi connectivity index (χ1) is 12.7. The highest BCUT2D eigenvalue weighted by molar-refractivity contribution is 6.35. The Bertz CT molecular complexity index is 724. The average Bonchev–Trinajstić information content (AvgIpc) is 3.10. The van der Waals surface area contributed by atoms with Gasteiger partial charge in [-0.3, -0.25) is 14.4 Å². The molecule has 1 saturated heterocycles. The molecule has 2 amide bonds. The Kier molecular flexibility index (Phi) is 7.50. The van der Waals surface area contributed by atoms with Crippen molar-refractivity contribution >= 4 is 41.0 Å². The molecule has 148 valence electrons. The Hall–Kier alpha value is -1.79. The molecule has 1 N–H and O–H groups in total. The SMILES string of the molecule is CC(C)OC(=O)[C@H](C)CNC(=O)[C@H]1CCCN1C(=O)c1cc(Cl)ccc1Cl. The van der Waals surface area contributed by atoms with Crippen molar-refractivity contribution in [1.82, 2.24) is 10.2 Å². The van der Waals surface area contributed by atoms with E-state index in [1.54, 1.807) is 32.9 Å². The summed E-state index contributed by atoms with van der Waals surface area (Å²) in [5, 5.41) is 3.44. The molecule has 27 heavy (non-hydrogen) atoms. The summed E-state index contributed by atoms with van der Waals surface area (Å²) >= 11 is 12.1. The number of halogens is 2. The van der Waals surface area contributed by atoms with Crippen LogP contribution in [0.3, 0.4) is 0 Å². The van der Waals surface area contributed by atoms with Gasteiger partial charge in [0.05, 0.1) is 22.6 Å². The molecule has 2 rings (SSSR count). The second-order valence-corrected chi connectivity index (χ2v) is 7.76. The number of esters is 1. The van der Waals surface area contributed by atoms with Gasteiger partial charge in [0.1, 0.15) is 6.04 Å². The molecule has 6 nitrogen and oxygen atoms in total. The molecular weight excluding hydrogens is 391 g/mol. The number of hydrogen-bond acceptors (Lipinski definition) is 4. The molecule has 0 bridgehead atoms. The van der Waals surface area contributed by atoms with Crippen LogP contribution in [0.2, 0.25) is 10.0 Å². The molecule has 0 radical (unpaired) electrons. The fraction of sp³-hybridized carbons (Fsp3) is 0.526. The van der Waals surface area contributed by atoms with Crippen LogP contribution < -0.4 is 5.32 Å². The number of ether oxygens (including phenoxy) is 1. The van der Waals surface area contributed by atoms with E-state index in [9.17, 15) is 14.4 Å². The van der Waals surface area contributed by atoms with E-state index in [2.05, 4.69) is 5.32 Å². The van der Waals surface area contributed by atoms with Gasteiger partial charge in [0.2, 0.25) is 5.91 Å². The van der Waals surface area contributed by atoms with Crippen molar-refractivity contribution in [3.05, 3.63) is 33.8 Å². The van der Waals surface area contributed by atoms with Gasteiger partial charge in [-0.05, 0) is 44.9 Å². The summed E-state index contributed by atoms with van der Waals surface area (Å²) in [6, 6.07) is 4.07. The molecule has 0 saturated carbocycles. The fourth-order valence-corrected chi connectivity index (χ4v) is 3.27. The molecule has 2 atom stereocenters. The molecule has 1 fully saturated rings. The van der Waals surface area contributed by atoms with E-state index in [1.807, 2.05) is 0 Å². The normalized spacial score (nSPS) is 17.7. The summed E-state index contributed by atoms with van der Waals surface area (Å²) in [5.74, 6) is -1.45. The first kappa shape index (κ1) is 21.5. The fourth-order valence-electron chi connectivity index (χ4n) is 2.90. The van der Waals surface area contributed by atoms with Crippen LogP contribution in [0.5, 0.6) is 0 Å². The third-order valence-electron chi connectivity index (χ3n) is 4.31. The molecule has 1 aromatic rings. The lowest BCUT2D eigenvalue weighted by Crippen LogP contribution is -2.47. The maximum absolute atomic E-state index is 12.8. The van der Waals surface area contributed by atoms with Crippen molar-refractivity contribution in [3.63, 3.8) is 0 Å². The molecule has 1 aliphatic rings. The van der Waals surface area contributed by atoms with Gasteiger partial charge in [-0.1, -0.05) is 30.1 Å². The molecule has 1 aliphatic heterocycles. The van der Waals surface area contributed by atoms with Crippen molar-refractivity contribution in [2.45, 2.75) is 45.8 Å². The highest BCUT2D eigenvalue weighted by Crippen LogP contribution is 2.26. The van der Waals surface area contributed by atoms with Crippen molar-refractivity contribution in [1.29, 1.82) is 0 Å². The number of hydrogen-bond donors (Lipinski definition) is 1. The van der Waals surface area contributed by atoms with Crippen LogP contribution in [0.15, 0.2) is 18.2 Å². The smallest absolute Gasteiger partial charge is 0.310 e. The maximum atomic E-state index is 12.8. The molecule has 0 aromatic heterocycles. The topological polar surface area (TPSA) is 75.7 Å². The van der Waals surface area contributed by atoms with Crippen LogP contribution in [0.4, 0.5) is 0 Å². The van der Waals surface area contributed by atoms with E-state index < -0.39 is 12.0 Å². The van der Waals surface area contributed by atoms with Gasteiger partial charge in [0.25, 0.3) is 5.91 Å². The second kappa shape index (κ2) is 9.42. The summed E-state index contributed by atoms with van der Waals surface area (Å²) in [6.07, 6.45) is 1.06. The molecule has 1 heterocycles. The standard InChI is InChI=1S/C19H24Cl2N2O4/c1-11(2)27-19(26)12(3)10-22-17(24)16-5-4-8-23(16)18(25)14-9-13(20)6-7-15(14)21/h6-7,9,11-12,16H,4-5,8,10H2,1-3H3,(H,22,24)/t12-,16-/m1/s1. The minimum Gasteiger partial charge on any atom is -0.463 e. The second-order valence-electron chi connectivity index (χ2n) is 6.91. The minimum absolute atomic E-state index is 0.154. The number of rotatable bonds is 6. The maximum Gasteiger partial charge on any atom is 0.310 e. The van der Waals surface area contributed by atoms with E-state index in [0.717, 1.165) is 0 Å². The summed E-state index contributed by atoms with van der Waals surface area (Å²) in [4.78, 5) is 38.8. The largest absolute Gasteiger partial charge is 0.463 e. The predicted molar refractivity (Wildman–Crippen MR) is 104 cm³/mol. The summed E-state index contributed by atoms with van der Waals surface area (Å²) in [6.45, 7) is 5.85. The zero-order valence-electron chi connectivity index (χ0n) is 15.6. The molecule has 1 aromatic carbocycles. The van der Waals surface area contributed by atoms with Gasteiger partial charge in [-0.2, -0.15) is 0 Å².